The summed E-state index contributed by atoms with van der Waals surface area (Å²) in [6.07, 6.45) is 3.69. The lowest BCUT2D eigenvalue weighted by Crippen LogP contribution is -2.71. The molecule has 1 aromatic carbocycles. The summed E-state index contributed by atoms with van der Waals surface area (Å²) in [5.74, 6) is -0.547. The maximum atomic E-state index is 12.8. The lowest BCUT2D eigenvalue weighted by Gasteiger charge is -2.67. The van der Waals surface area contributed by atoms with Crippen LogP contribution in [-0.4, -0.2) is 41.0 Å². The van der Waals surface area contributed by atoms with Crippen molar-refractivity contribution in [2.45, 2.75) is 38.1 Å². The summed E-state index contributed by atoms with van der Waals surface area (Å²) in [4.78, 5) is 26.0. The number of amides is 1. The Balaban J connectivity index is 1.37. The van der Waals surface area contributed by atoms with E-state index < -0.39 is 11.4 Å². The van der Waals surface area contributed by atoms with Crippen LogP contribution >= 0.6 is 0 Å². The molecule has 0 aromatic heterocycles. The van der Waals surface area contributed by atoms with Crippen LogP contribution in [0.5, 0.6) is 0 Å². The molecule has 4 aliphatic rings. The van der Waals surface area contributed by atoms with Crippen LogP contribution < -0.4 is 5.32 Å². The second kappa shape index (κ2) is 4.98. The number of hydrogen-bond donors (Lipinski definition) is 2. The van der Waals surface area contributed by atoms with Crippen LogP contribution in [-0.2, 0) is 9.59 Å². The zero-order valence-corrected chi connectivity index (χ0v) is 13.1. The molecule has 4 fully saturated rings. The van der Waals surface area contributed by atoms with Gasteiger partial charge in [-0.05, 0) is 44.2 Å². The first-order valence-electron chi connectivity index (χ1n) is 8.38. The van der Waals surface area contributed by atoms with Crippen LogP contribution in [0.2, 0.25) is 0 Å². The lowest BCUT2D eigenvalue weighted by molar-refractivity contribution is -0.226. The molecular formula is C18H22N2O3. The summed E-state index contributed by atoms with van der Waals surface area (Å²) in [5.41, 5.74) is 0.155. The van der Waals surface area contributed by atoms with E-state index in [9.17, 15) is 14.7 Å². The standard InChI is InChI=1S/C18H22N2O3/c21-15(17-10-18(11-17,12-17)16(22)23)20-8-4-7-14(9-20)19-13-5-2-1-3-6-13/h1-3,5-6,14,19H,4,7-12H2,(H,22,23). The van der Waals surface area contributed by atoms with Crippen molar-refractivity contribution in [1.82, 2.24) is 4.90 Å². The fourth-order valence-electron chi connectivity index (χ4n) is 4.63. The number of hydrogen-bond acceptors (Lipinski definition) is 3. The van der Waals surface area contributed by atoms with Crippen molar-refractivity contribution in [1.29, 1.82) is 0 Å². The van der Waals surface area contributed by atoms with Gasteiger partial charge in [-0.2, -0.15) is 0 Å². The van der Waals surface area contributed by atoms with Gasteiger partial charge in [-0.15, -0.1) is 0 Å². The predicted molar refractivity (Wildman–Crippen MR) is 86.0 cm³/mol. The molecular weight excluding hydrogens is 292 g/mol. The first-order valence-corrected chi connectivity index (χ1v) is 8.38. The quantitative estimate of drug-likeness (QED) is 0.895. The van der Waals surface area contributed by atoms with E-state index in [1.807, 2.05) is 35.2 Å². The van der Waals surface area contributed by atoms with Gasteiger partial charge >= 0.3 is 5.97 Å². The number of carbonyl (C=O) groups is 2. The maximum Gasteiger partial charge on any atom is 0.309 e. The molecule has 5 rings (SSSR count). The highest BCUT2D eigenvalue weighted by Gasteiger charge is 2.75. The minimum absolute atomic E-state index is 0.181. The smallest absolute Gasteiger partial charge is 0.309 e. The fraction of sp³-hybridized carbons (Fsp3) is 0.556. The summed E-state index contributed by atoms with van der Waals surface area (Å²) < 4.78 is 0. The zero-order chi connectivity index (χ0) is 16.1. The molecule has 122 valence electrons. The second-order valence-corrected chi connectivity index (χ2v) is 7.50. The molecule has 5 nitrogen and oxygen atoms in total. The Morgan fingerprint density at radius 2 is 1.83 bits per heavy atom. The first-order chi connectivity index (χ1) is 11.0. The minimum Gasteiger partial charge on any atom is -0.481 e. The van der Waals surface area contributed by atoms with Gasteiger partial charge in [0.05, 0.1) is 10.8 Å². The van der Waals surface area contributed by atoms with Crippen LogP contribution in [0.4, 0.5) is 5.69 Å². The minimum atomic E-state index is -0.727. The van der Waals surface area contributed by atoms with E-state index in [0.29, 0.717) is 19.3 Å². The van der Waals surface area contributed by atoms with Gasteiger partial charge in [0.25, 0.3) is 0 Å². The summed E-state index contributed by atoms with van der Waals surface area (Å²) in [7, 11) is 0. The molecule has 1 heterocycles. The average Bonchev–Trinajstić information content (AvgIpc) is 2.45. The van der Waals surface area contributed by atoms with Gasteiger partial charge in [0, 0.05) is 24.8 Å². The Labute approximate surface area is 135 Å². The lowest BCUT2D eigenvalue weighted by atomic mass is 9.34. The summed E-state index contributed by atoms with van der Waals surface area (Å²) in [6.45, 7) is 1.52. The van der Waals surface area contributed by atoms with Gasteiger partial charge in [-0.1, -0.05) is 18.2 Å². The van der Waals surface area contributed by atoms with Gasteiger partial charge < -0.3 is 15.3 Å². The number of carboxylic acid groups (broad SMARTS) is 1. The SMILES string of the molecule is O=C(O)C12CC(C(=O)N3CCCC(Nc4ccccc4)C3)(C1)C2. The van der Waals surface area contributed by atoms with Gasteiger partial charge in [-0.3, -0.25) is 9.59 Å². The zero-order valence-electron chi connectivity index (χ0n) is 13.1. The Bertz CT molecular complexity index is 623. The van der Waals surface area contributed by atoms with Crippen LogP contribution in [0.3, 0.4) is 0 Å². The van der Waals surface area contributed by atoms with Crippen molar-refractivity contribution in [3.05, 3.63) is 30.3 Å². The maximum absolute atomic E-state index is 12.8. The first kappa shape index (κ1) is 14.5. The van der Waals surface area contributed by atoms with E-state index in [1.54, 1.807) is 0 Å². The fourth-order valence-corrected chi connectivity index (χ4v) is 4.63. The number of carbonyl (C=O) groups excluding carboxylic acids is 1. The Hall–Kier alpha value is -2.04. The predicted octanol–water partition coefficient (Wildman–Crippen LogP) is 2.34. The van der Waals surface area contributed by atoms with Crippen LogP contribution in [0.1, 0.15) is 32.1 Å². The normalized spacial score (nSPS) is 35.0. The molecule has 5 heteroatoms. The van der Waals surface area contributed by atoms with E-state index in [4.69, 9.17) is 0 Å². The van der Waals surface area contributed by atoms with Crippen molar-refractivity contribution in [2.24, 2.45) is 10.8 Å². The van der Waals surface area contributed by atoms with Crippen LogP contribution in [0.15, 0.2) is 30.3 Å². The third kappa shape index (κ3) is 2.21. The molecule has 23 heavy (non-hydrogen) atoms. The van der Waals surface area contributed by atoms with Crippen molar-refractivity contribution in [3.63, 3.8) is 0 Å². The molecule has 2 bridgehead atoms. The molecule has 1 unspecified atom stereocenters. The van der Waals surface area contributed by atoms with E-state index >= 15 is 0 Å². The molecule has 0 radical (unpaired) electrons. The number of anilines is 1. The van der Waals surface area contributed by atoms with Crippen molar-refractivity contribution in [3.8, 4) is 0 Å². The molecule has 2 N–H and O–H groups in total. The van der Waals surface area contributed by atoms with Gasteiger partial charge in [0.2, 0.25) is 5.91 Å². The Kier molecular flexibility index (Phi) is 3.15. The highest BCUT2D eigenvalue weighted by Crippen LogP contribution is 2.73. The topological polar surface area (TPSA) is 69.6 Å². The molecule has 1 saturated heterocycles. The van der Waals surface area contributed by atoms with E-state index in [-0.39, 0.29) is 17.4 Å². The molecule has 1 atom stereocenters. The summed E-state index contributed by atoms with van der Waals surface area (Å²) in [5, 5.41) is 12.7. The van der Waals surface area contributed by atoms with E-state index in [0.717, 1.165) is 31.6 Å². The molecule has 1 aliphatic heterocycles. The highest BCUT2D eigenvalue weighted by molar-refractivity contribution is 5.93. The Morgan fingerprint density at radius 3 is 2.48 bits per heavy atom. The van der Waals surface area contributed by atoms with Gasteiger partial charge in [0.1, 0.15) is 0 Å². The van der Waals surface area contributed by atoms with Crippen LogP contribution in [0.25, 0.3) is 0 Å². The number of benzene rings is 1. The number of nitrogens with one attached hydrogen (secondary N) is 1. The van der Waals surface area contributed by atoms with Crippen LogP contribution in [0, 0.1) is 10.8 Å². The average molecular weight is 314 g/mol. The van der Waals surface area contributed by atoms with Gasteiger partial charge in [0.15, 0.2) is 0 Å². The number of rotatable bonds is 4. The monoisotopic (exact) mass is 314 g/mol. The summed E-state index contributed by atoms with van der Waals surface area (Å²) >= 11 is 0. The Morgan fingerprint density at radius 1 is 1.13 bits per heavy atom. The number of para-hydroxylation sites is 1. The number of likely N-dealkylation sites (tertiary alicyclic amines) is 1. The number of carboxylic acids is 1. The van der Waals surface area contributed by atoms with E-state index in [1.165, 1.54) is 0 Å². The summed E-state index contributed by atoms with van der Waals surface area (Å²) in [6, 6.07) is 10.3. The van der Waals surface area contributed by atoms with E-state index in [2.05, 4.69) is 5.32 Å². The highest BCUT2D eigenvalue weighted by atomic mass is 16.4. The van der Waals surface area contributed by atoms with Crippen molar-refractivity contribution < 1.29 is 14.7 Å². The third-order valence-electron chi connectivity index (χ3n) is 5.79. The molecule has 1 amide bonds. The largest absolute Gasteiger partial charge is 0.481 e. The third-order valence-corrected chi connectivity index (χ3v) is 5.79. The molecule has 0 spiro atoms. The van der Waals surface area contributed by atoms with Crippen molar-refractivity contribution in [2.75, 3.05) is 18.4 Å². The van der Waals surface area contributed by atoms with Crippen molar-refractivity contribution >= 4 is 17.6 Å². The number of nitrogens with zero attached hydrogens (tertiary/aromatic N) is 1. The second-order valence-electron chi connectivity index (χ2n) is 7.50. The number of piperidine rings is 1. The molecule has 1 aromatic rings. The molecule has 3 saturated carbocycles. The number of aliphatic carboxylic acids is 1. The molecule has 3 aliphatic carbocycles. The van der Waals surface area contributed by atoms with Gasteiger partial charge in [-0.25, -0.2) is 0 Å².